The van der Waals surface area contributed by atoms with E-state index in [0.717, 1.165) is 32.3 Å². The molecule has 1 fully saturated rings. The van der Waals surface area contributed by atoms with E-state index in [0.29, 0.717) is 18.3 Å². The quantitative estimate of drug-likeness (QED) is 0.839. The van der Waals surface area contributed by atoms with E-state index in [9.17, 15) is 9.90 Å². The minimum Gasteiger partial charge on any atom is -0.478 e. The summed E-state index contributed by atoms with van der Waals surface area (Å²) in [5.41, 5.74) is 0.958. The molecule has 0 amide bonds. The normalized spacial score (nSPS) is 21.4. The van der Waals surface area contributed by atoms with E-state index in [1.165, 1.54) is 6.20 Å². The maximum atomic E-state index is 11.2. The van der Waals surface area contributed by atoms with E-state index in [-0.39, 0.29) is 11.2 Å². The number of carbonyl (C=O) groups is 1. The van der Waals surface area contributed by atoms with Gasteiger partial charge >= 0.3 is 5.97 Å². The Balaban J connectivity index is 2.00. The summed E-state index contributed by atoms with van der Waals surface area (Å²) in [6.45, 7) is 5.61. The molecule has 1 aromatic rings. The topological polar surface area (TPSA) is 76.4 Å². The van der Waals surface area contributed by atoms with Crippen molar-refractivity contribution < 1.29 is 14.6 Å². The van der Waals surface area contributed by atoms with Crippen molar-refractivity contribution in [1.82, 2.24) is 15.1 Å². The van der Waals surface area contributed by atoms with Crippen LogP contribution in [0.3, 0.4) is 0 Å². The highest BCUT2D eigenvalue weighted by atomic mass is 16.5. The molecule has 0 aromatic carbocycles. The fourth-order valence-corrected chi connectivity index (χ4v) is 3.04. The molecule has 21 heavy (non-hydrogen) atoms. The Kier molecular flexibility index (Phi) is 5.00. The molecule has 1 atom stereocenters. The van der Waals surface area contributed by atoms with Crippen LogP contribution in [-0.2, 0) is 18.3 Å². The molecular formula is C15H25N3O3. The second-order valence-corrected chi connectivity index (χ2v) is 5.74. The Morgan fingerprint density at radius 1 is 1.57 bits per heavy atom. The summed E-state index contributed by atoms with van der Waals surface area (Å²) in [6.07, 6.45) is 5.36. The molecule has 0 aliphatic carbocycles. The lowest BCUT2D eigenvalue weighted by atomic mass is 9.86. The van der Waals surface area contributed by atoms with Crippen LogP contribution in [0.25, 0.3) is 0 Å². The number of aromatic nitrogens is 2. The molecule has 1 aliphatic heterocycles. The number of carboxylic acids is 1. The second-order valence-electron chi connectivity index (χ2n) is 5.74. The van der Waals surface area contributed by atoms with Gasteiger partial charge in [0.25, 0.3) is 0 Å². The highest BCUT2D eigenvalue weighted by Crippen LogP contribution is 2.31. The Hall–Kier alpha value is -1.40. The highest BCUT2D eigenvalue weighted by molar-refractivity contribution is 5.88. The SMILES string of the molecule is CCC1(CC)CC(NCc2c(C(=O)O)cnn2C)CCO1. The standard InChI is InChI=1S/C15H25N3O3/c1-4-15(5-2)8-11(6-7-21-15)16-10-13-12(14(19)20)9-17-18(13)3/h9,11,16H,4-8,10H2,1-3H3,(H,19,20). The first kappa shape index (κ1) is 16.0. The maximum absolute atomic E-state index is 11.2. The molecule has 0 spiro atoms. The number of carboxylic acid groups (broad SMARTS) is 1. The minimum atomic E-state index is -0.927. The van der Waals surface area contributed by atoms with E-state index in [1.807, 2.05) is 0 Å². The van der Waals surface area contributed by atoms with Crippen LogP contribution < -0.4 is 5.32 Å². The predicted molar refractivity (Wildman–Crippen MR) is 79.3 cm³/mol. The zero-order valence-corrected chi connectivity index (χ0v) is 13.1. The molecule has 118 valence electrons. The summed E-state index contributed by atoms with van der Waals surface area (Å²) in [5.74, 6) is -0.927. The average Bonchev–Trinajstić information content (AvgIpc) is 2.86. The molecule has 2 heterocycles. The number of aryl methyl sites for hydroxylation is 1. The van der Waals surface area contributed by atoms with Crippen molar-refractivity contribution in [2.24, 2.45) is 7.05 Å². The zero-order chi connectivity index (χ0) is 15.5. The zero-order valence-electron chi connectivity index (χ0n) is 13.1. The summed E-state index contributed by atoms with van der Waals surface area (Å²) in [5, 5.41) is 16.7. The molecule has 0 radical (unpaired) electrons. The van der Waals surface area contributed by atoms with Gasteiger partial charge in [0.15, 0.2) is 0 Å². The first-order valence-corrected chi connectivity index (χ1v) is 7.63. The van der Waals surface area contributed by atoms with Gasteiger partial charge in [0, 0.05) is 26.2 Å². The molecule has 1 aromatic heterocycles. The summed E-state index contributed by atoms with van der Waals surface area (Å²) in [7, 11) is 1.77. The molecule has 6 nitrogen and oxygen atoms in total. The molecule has 1 aliphatic rings. The Bertz CT molecular complexity index is 494. The van der Waals surface area contributed by atoms with Crippen molar-refractivity contribution in [3.05, 3.63) is 17.5 Å². The van der Waals surface area contributed by atoms with Crippen molar-refractivity contribution in [2.75, 3.05) is 6.61 Å². The third-order valence-corrected chi connectivity index (χ3v) is 4.63. The number of ether oxygens (including phenoxy) is 1. The third-order valence-electron chi connectivity index (χ3n) is 4.63. The van der Waals surface area contributed by atoms with Gasteiger partial charge in [0.05, 0.1) is 17.5 Å². The molecule has 1 saturated heterocycles. The van der Waals surface area contributed by atoms with E-state index >= 15 is 0 Å². The van der Waals surface area contributed by atoms with Crippen LogP contribution in [-0.4, -0.2) is 39.1 Å². The maximum Gasteiger partial charge on any atom is 0.339 e. The fourth-order valence-electron chi connectivity index (χ4n) is 3.04. The van der Waals surface area contributed by atoms with Crippen LogP contribution >= 0.6 is 0 Å². The van der Waals surface area contributed by atoms with E-state index in [1.54, 1.807) is 11.7 Å². The van der Waals surface area contributed by atoms with Crippen molar-refractivity contribution in [1.29, 1.82) is 0 Å². The molecule has 2 rings (SSSR count). The first-order valence-electron chi connectivity index (χ1n) is 7.63. The summed E-state index contributed by atoms with van der Waals surface area (Å²) >= 11 is 0. The smallest absolute Gasteiger partial charge is 0.339 e. The van der Waals surface area contributed by atoms with Crippen molar-refractivity contribution >= 4 is 5.97 Å². The number of hydrogen-bond donors (Lipinski definition) is 2. The van der Waals surface area contributed by atoms with Crippen molar-refractivity contribution in [3.8, 4) is 0 Å². The second kappa shape index (κ2) is 6.58. The van der Waals surface area contributed by atoms with Crippen molar-refractivity contribution in [3.63, 3.8) is 0 Å². The number of nitrogens with zero attached hydrogens (tertiary/aromatic N) is 2. The molecule has 6 heteroatoms. The molecular weight excluding hydrogens is 270 g/mol. The lowest BCUT2D eigenvalue weighted by Gasteiger charge is -2.40. The van der Waals surface area contributed by atoms with Crippen LogP contribution in [0.2, 0.25) is 0 Å². The van der Waals surface area contributed by atoms with Gasteiger partial charge in [-0.15, -0.1) is 0 Å². The van der Waals surface area contributed by atoms with Crippen LogP contribution in [0.5, 0.6) is 0 Å². The lowest BCUT2D eigenvalue weighted by molar-refractivity contribution is -0.0932. The van der Waals surface area contributed by atoms with Gasteiger partial charge in [0.1, 0.15) is 5.56 Å². The number of rotatable bonds is 6. The average molecular weight is 295 g/mol. The Morgan fingerprint density at radius 2 is 2.29 bits per heavy atom. The van der Waals surface area contributed by atoms with Gasteiger partial charge in [-0.25, -0.2) is 4.79 Å². The highest BCUT2D eigenvalue weighted by Gasteiger charge is 2.34. The Labute approximate surface area is 125 Å². The monoisotopic (exact) mass is 295 g/mol. The van der Waals surface area contributed by atoms with E-state index in [4.69, 9.17) is 4.74 Å². The first-order chi connectivity index (χ1) is 10.0. The molecule has 2 N–H and O–H groups in total. The van der Waals surface area contributed by atoms with Gasteiger partial charge < -0.3 is 15.2 Å². The van der Waals surface area contributed by atoms with Gasteiger partial charge in [-0.1, -0.05) is 13.8 Å². The summed E-state index contributed by atoms with van der Waals surface area (Å²) in [6, 6.07) is 0.357. The van der Waals surface area contributed by atoms with Crippen molar-refractivity contribution in [2.45, 2.75) is 57.7 Å². The number of nitrogens with one attached hydrogen (secondary N) is 1. The predicted octanol–water partition coefficient (Wildman–Crippen LogP) is 1.95. The third kappa shape index (κ3) is 3.44. The number of hydrogen-bond acceptors (Lipinski definition) is 4. The van der Waals surface area contributed by atoms with E-state index in [2.05, 4.69) is 24.3 Å². The molecule has 0 saturated carbocycles. The van der Waals surface area contributed by atoms with E-state index < -0.39 is 5.97 Å². The van der Waals surface area contributed by atoms with Crippen LogP contribution in [0, 0.1) is 0 Å². The molecule has 0 bridgehead atoms. The van der Waals surface area contributed by atoms with Gasteiger partial charge in [-0.3, -0.25) is 4.68 Å². The van der Waals surface area contributed by atoms with Crippen LogP contribution in [0.15, 0.2) is 6.20 Å². The Morgan fingerprint density at radius 3 is 2.90 bits per heavy atom. The molecule has 1 unspecified atom stereocenters. The minimum absolute atomic E-state index is 0.0298. The largest absolute Gasteiger partial charge is 0.478 e. The van der Waals surface area contributed by atoms with Crippen LogP contribution in [0.1, 0.15) is 55.6 Å². The van der Waals surface area contributed by atoms with Gasteiger partial charge in [-0.05, 0) is 25.7 Å². The lowest BCUT2D eigenvalue weighted by Crippen LogP contribution is -2.46. The summed E-state index contributed by atoms with van der Waals surface area (Å²) in [4.78, 5) is 11.2. The van der Waals surface area contributed by atoms with Gasteiger partial charge in [-0.2, -0.15) is 5.10 Å². The van der Waals surface area contributed by atoms with Crippen LogP contribution in [0.4, 0.5) is 0 Å². The number of aromatic carboxylic acids is 1. The van der Waals surface area contributed by atoms with Gasteiger partial charge in [0.2, 0.25) is 0 Å². The fraction of sp³-hybridized carbons (Fsp3) is 0.733. The summed E-state index contributed by atoms with van der Waals surface area (Å²) < 4.78 is 7.59.